The third-order valence-corrected chi connectivity index (χ3v) is 3.00. The van der Waals surface area contributed by atoms with Gasteiger partial charge in [0.25, 0.3) is 0 Å². The molecule has 0 heterocycles. The Morgan fingerprint density at radius 2 is 1.91 bits per heavy atom. The summed E-state index contributed by atoms with van der Waals surface area (Å²) in [5.41, 5.74) is 11.2. The van der Waals surface area contributed by atoms with Crippen molar-refractivity contribution in [1.29, 1.82) is 0 Å². The van der Waals surface area contributed by atoms with E-state index in [-0.39, 0.29) is 19.0 Å². The van der Waals surface area contributed by atoms with E-state index in [4.69, 9.17) is 21.3 Å². The van der Waals surface area contributed by atoms with E-state index in [9.17, 15) is 9.59 Å². The molecule has 6 N–H and O–H groups in total. The molecule has 0 saturated heterocycles. The van der Waals surface area contributed by atoms with Gasteiger partial charge in [0.1, 0.15) is 12.6 Å². The van der Waals surface area contributed by atoms with E-state index in [0.29, 0.717) is 19.4 Å². The van der Waals surface area contributed by atoms with E-state index in [1.54, 1.807) is 0 Å². The Hall–Kier alpha value is -2.77. The molecule has 0 aliphatic rings. The third kappa shape index (κ3) is 8.30. The van der Waals surface area contributed by atoms with E-state index in [1.165, 1.54) is 0 Å². The zero-order valence-corrected chi connectivity index (χ0v) is 12.8. The lowest BCUT2D eigenvalue weighted by Gasteiger charge is -2.14. The van der Waals surface area contributed by atoms with Crippen molar-refractivity contribution >= 4 is 18.0 Å². The number of nitrogens with zero attached hydrogens (tertiary/aromatic N) is 1. The van der Waals surface area contributed by atoms with Gasteiger partial charge in [-0.15, -0.1) is 0 Å². The Labute approximate surface area is 134 Å². The molecule has 8 nitrogen and oxygen atoms in total. The lowest BCUT2D eigenvalue weighted by molar-refractivity contribution is -0.139. The molecule has 1 atom stereocenters. The fourth-order valence-electron chi connectivity index (χ4n) is 1.83. The summed E-state index contributed by atoms with van der Waals surface area (Å²) in [5, 5.41) is 11.5. The Morgan fingerprint density at radius 1 is 1.22 bits per heavy atom. The molecule has 0 aliphatic carbocycles. The second-order valence-corrected chi connectivity index (χ2v) is 4.90. The molecule has 1 rings (SSSR count). The summed E-state index contributed by atoms with van der Waals surface area (Å²) in [6, 6.07) is 8.13. The summed E-state index contributed by atoms with van der Waals surface area (Å²) in [6.45, 7) is 0.511. The highest BCUT2D eigenvalue weighted by Gasteiger charge is 2.20. The zero-order valence-electron chi connectivity index (χ0n) is 12.8. The van der Waals surface area contributed by atoms with Gasteiger partial charge in [0, 0.05) is 6.54 Å². The van der Waals surface area contributed by atoms with Crippen LogP contribution in [0.1, 0.15) is 24.8 Å². The second kappa shape index (κ2) is 10.0. The molecule has 23 heavy (non-hydrogen) atoms. The van der Waals surface area contributed by atoms with Crippen molar-refractivity contribution in [3.63, 3.8) is 0 Å². The maximum absolute atomic E-state index is 11.7. The summed E-state index contributed by atoms with van der Waals surface area (Å²) in [5.74, 6) is -1.11. The largest absolute Gasteiger partial charge is 0.480 e. The van der Waals surface area contributed by atoms with Crippen molar-refractivity contribution in [2.24, 2.45) is 16.5 Å². The van der Waals surface area contributed by atoms with Crippen LogP contribution in [0.5, 0.6) is 0 Å². The smallest absolute Gasteiger partial charge is 0.408 e. The molecule has 0 fully saturated rings. The van der Waals surface area contributed by atoms with Crippen molar-refractivity contribution in [2.75, 3.05) is 6.54 Å². The predicted octanol–water partition coefficient (Wildman–Crippen LogP) is 0.810. The van der Waals surface area contributed by atoms with Crippen LogP contribution in [0.3, 0.4) is 0 Å². The molecule has 0 aromatic heterocycles. The number of carbonyl (C=O) groups is 2. The number of hydrogen-bond donors (Lipinski definition) is 4. The van der Waals surface area contributed by atoms with Crippen molar-refractivity contribution in [3.05, 3.63) is 35.9 Å². The molecule has 0 unspecified atom stereocenters. The number of rotatable bonds is 9. The summed E-state index contributed by atoms with van der Waals surface area (Å²) < 4.78 is 5.00. The molecule has 1 aromatic rings. The highest BCUT2D eigenvalue weighted by Crippen LogP contribution is 2.04. The van der Waals surface area contributed by atoms with Gasteiger partial charge in [-0.1, -0.05) is 30.3 Å². The monoisotopic (exact) mass is 322 g/mol. The topological polar surface area (TPSA) is 140 Å². The van der Waals surface area contributed by atoms with E-state index in [2.05, 4.69) is 10.3 Å². The van der Waals surface area contributed by atoms with Crippen molar-refractivity contribution in [3.8, 4) is 0 Å². The third-order valence-electron chi connectivity index (χ3n) is 3.00. The normalized spacial score (nSPS) is 11.3. The number of guanidine groups is 1. The number of ether oxygens (including phenoxy) is 1. The van der Waals surface area contributed by atoms with Gasteiger partial charge in [0.15, 0.2) is 5.96 Å². The first-order valence-electron chi connectivity index (χ1n) is 7.24. The molecule has 1 amide bonds. The number of aliphatic imine (C=N–C) groups is 1. The Morgan fingerprint density at radius 3 is 2.52 bits per heavy atom. The number of amides is 1. The quantitative estimate of drug-likeness (QED) is 0.301. The number of carboxylic acids is 1. The molecule has 0 spiro atoms. The van der Waals surface area contributed by atoms with Gasteiger partial charge in [-0.05, 0) is 24.8 Å². The lowest BCUT2D eigenvalue weighted by Crippen LogP contribution is -2.41. The van der Waals surface area contributed by atoms with Crippen LogP contribution in [0.2, 0.25) is 0 Å². The number of carboxylic acid groups (broad SMARTS) is 1. The SMILES string of the molecule is NC(N)=NCCCC[C@H](NC(=O)OCc1ccccc1)C(=O)O. The van der Waals surface area contributed by atoms with E-state index >= 15 is 0 Å². The molecule has 0 radical (unpaired) electrons. The average molecular weight is 322 g/mol. The second-order valence-electron chi connectivity index (χ2n) is 4.90. The van der Waals surface area contributed by atoms with Crippen LogP contribution in [-0.2, 0) is 16.1 Å². The number of nitrogens with two attached hydrogens (primary N) is 2. The standard InChI is InChI=1S/C15H22N4O4/c16-14(17)18-9-5-4-8-12(13(20)21)19-15(22)23-10-11-6-2-1-3-7-11/h1-3,6-7,12H,4-5,8-10H2,(H,19,22)(H,20,21)(H4,16,17,18)/t12-/m0/s1. The number of alkyl carbamates (subject to hydrolysis) is 1. The molecule has 0 bridgehead atoms. The number of benzene rings is 1. The first-order chi connectivity index (χ1) is 11.0. The van der Waals surface area contributed by atoms with Gasteiger partial charge >= 0.3 is 12.1 Å². The number of hydrogen-bond acceptors (Lipinski definition) is 4. The maximum Gasteiger partial charge on any atom is 0.408 e. The van der Waals surface area contributed by atoms with Crippen molar-refractivity contribution in [2.45, 2.75) is 31.9 Å². The van der Waals surface area contributed by atoms with Crippen LogP contribution in [0.15, 0.2) is 35.3 Å². The molecule has 0 aliphatic heterocycles. The van der Waals surface area contributed by atoms with Crippen molar-refractivity contribution < 1.29 is 19.4 Å². The van der Waals surface area contributed by atoms with Crippen LogP contribution >= 0.6 is 0 Å². The Kier molecular flexibility index (Phi) is 7.98. The average Bonchev–Trinajstić information content (AvgIpc) is 2.52. The van der Waals surface area contributed by atoms with Gasteiger partial charge in [0.05, 0.1) is 0 Å². The summed E-state index contributed by atoms with van der Waals surface area (Å²) >= 11 is 0. The van der Waals surface area contributed by atoms with Crippen LogP contribution < -0.4 is 16.8 Å². The molecule has 8 heteroatoms. The molecule has 126 valence electrons. The first-order valence-corrected chi connectivity index (χ1v) is 7.24. The molecular weight excluding hydrogens is 300 g/mol. The maximum atomic E-state index is 11.7. The van der Waals surface area contributed by atoms with E-state index in [0.717, 1.165) is 5.56 Å². The predicted molar refractivity (Wildman–Crippen MR) is 85.7 cm³/mol. The fraction of sp³-hybridized carbons (Fsp3) is 0.400. The molecule has 1 aromatic carbocycles. The lowest BCUT2D eigenvalue weighted by atomic mass is 10.1. The van der Waals surface area contributed by atoms with Crippen LogP contribution in [-0.4, -0.2) is 35.7 Å². The highest BCUT2D eigenvalue weighted by atomic mass is 16.5. The van der Waals surface area contributed by atoms with Gasteiger partial charge in [-0.2, -0.15) is 0 Å². The zero-order chi connectivity index (χ0) is 17.1. The number of unbranched alkanes of at least 4 members (excludes halogenated alkanes) is 1. The summed E-state index contributed by atoms with van der Waals surface area (Å²) in [6.07, 6.45) is 0.704. The van der Waals surface area contributed by atoms with E-state index < -0.39 is 18.1 Å². The van der Waals surface area contributed by atoms with Gasteiger partial charge in [-0.3, -0.25) is 4.99 Å². The number of carbonyl (C=O) groups excluding carboxylic acids is 1. The number of nitrogens with one attached hydrogen (secondary N) is 1. The Balaban J connectivity index is 2.32. The molecule has 0 saturated carbocycles. The number of aliphatic carboxylic acids is 1. The van der Waals surface area contributed by atoms with E-state index in [1.807, 2.05) is 30.3 Å². The van der Waals surface area contributed by atoms with Crippen molar-refractivity contribution in [1.82, 2.24) is 5.32 Å². The summed E-state index contributed by atoms with van der Waals surface area (Å²) in [7, 11) is 0. The first kappa shape index (κ1) is 18.3. The molecular formula is C15H22N4O4. The Bertz CT molecular complexity index is 530. The fourth-order valence-corrected chi connectivity index (χ4v) is 1.83. The highest BCUT2D eigenvalue weighted by molar-refractivity contribution is 5.79. The minimum atomic E-state index is -1.11. The summed E-state index contributed by atoms with van der Waals surface area (Å²) in [4.78, 5) is 26.6. The van der Waals surface area contributed by atoms with Crippen LogP contribution in [0.4, 0.5) is 4.79 Å². The van der Waals surface area contributed by atoms with Gasteiger partial charge < -0.3 is 26.6 Å². The minimum Gasteiger partial charge on any atom is -0.480 e. The van der Waals surface area contributed by atoms with Gasteiger partial charge in [0.2, 0.25) is 0 Å². The van der Waals surface area contributed by atoms with Gasteiger partial charge in [-0.25, -0.2) is 9.59 Å². The van der Waals surface area contributed by atoms with Crippen LogP contribution in [0, 0.1) is 0 Å². The minimum absolute atomic E-state index is 0.00222. The van der Waals surface area contributed by atoms with Crippen LogP contribution in [0.25, 0.3) is 0 Å².